The van der Waals surface area contributed by atoms with Crippen LogP contribution in [0.15, 0.2) is 41.9 Å². The molecule has 3 heterocycles. The van der Waals surface area contributed by atoms with Gasteiger partial charge in [0.2, 0.25) is 5.91 Å². The molecule has 1 aliphatic carbocycles. The largest absolute Gasteiger partial charge is 0.481 e. The average Bonchev–Trinajstić information content (AvgIpc) is 3.42. The van der Waals surface area contributed by atoms with Gasteiger partial charge in [-0.25, -0.2) is 4.39 Å². The second-order valence-electron chi connectivity index (χ2n) is 9.34. The minimum absolute atomic E-state index is 0.0740. The van der Waals surface area contributed by atoms with E-state index in [1.54, 1.807) is 17.4 Å². The van der Waals surface area contributed by atoms with Gasteiger partial charge in [-0.2, -0.15) is 0 Å². The fourth-order valence-corrected chi connectivity index (χ4v) is 6.78. The van der Waals surface area contributed by atoms with E-state index in [0.29, 0.717) is 11.9 Å². The van der Waals surface area contributed by atoms with Crippen LogP contribution in [-0.4, -0.2) is 39.5 Å². The number of piperidine rings is 1. The Labute approximate surface area is 190 Å². The number of nitrogens with zero attached hydrogens (tertiary/aromatic N) is 1. The Kier molecular flexibility index (Phi) is 5.53. The molecule has 5 nitrogen and oxygen atoms in total. The van der Waals surface area contributed by atoms with Crippen molar-refractivity contribution in [2.24, 2.45) is 5.41 Å². The number of carboxylic acids is 1. The third-order valence-electron chi connectivity index (χ3n) is 7.41. The fraction of sp³-hybridized carbons (Fsp3) is 0.440. The van der Waals surface area contributed by atoms with Crippen molar-refractivity contribution < 1.29 is 19.1 Å². The molecule has 3 aromatic rings. The Bertz CT molecular complexity index is 1140. The van der Waals surface area contributed by atoms with Crippen molar-refractivity contribution in [3.05, 3.63) is 58.2 Å². The molecule has 3 atom stereocenters. The number of aromatic amines is 1. The molecule has 0 spiro atoms. The maximum Gasteiger partial charge on any atom is 0.303 e. The summed E-state index contributed by atoms with van der Waals surface area (Å²) in [7, 11) is 0. The first-order valence-electron chi connectivity index (χ1n) is 11.3. The molecule has 2 N–H and O–H groups in total. The lowest BCUT2D eigenvalue weighted by Crippen LogP contribution is -2.52. The molecule has 168 valence electrons. The van der Waals surface area contributed by atoms with E-state index in [4.69, 9.17) is 0 Å². The van der Waals surface area contributed by atoms with Gasteiger partial charge in [0, 0.05) is 46.9 Å². The molecular formula is C25H27FN2O3S. The van der Waals surface area contributed by atoms with E-state index >= 15 is 0 Å². The fourth-order valence-electron chi connectivity index (χ4n) is 5.93. The number of halogens is 1. The van der Waals surface area contributed by atoms with Crippen LogP contribution in [0.1, 0.15) is 61.3 Å². The summed E-state index contributed by atoms with van der Waals surface area (Å²) in [5.41, 5.74) is 1.38. The van der Waals surface area contributed by atoms with Crippen LogP contribution in [0.25, 0.3) is 10.9 Å². The minimum Gasteiger partial charge on any atom is -0.481 e. The molecule has 2 bridgehead atoms. The number of nitrogens with one attached hydrogen (secondary N) is 1. The predicted octanol–water partition coefficient (Wildman–Crippen LogP) is 5.53. The molecule has 5 rings (SSSR count). The van der Waals surface area contributed by atoms with Crippen molar-refractivity contribution in [1.29, 1.82) is 0 Å². The first-order valence-corrected chi connectivity index (χ1v) is 12.1. The van der Waals surface area contributed by atoms with Crippen molar-refractivity contribution in [2.75, 3.05) is 6.54 Å². The Morgan fingerprint density at radius 1 is 1.28 bits per heavy atom. The van der Waals surface area contributed by atoms with Gasteiger partial charge in [-0.3, -0.25) is 9.59 Å². The number of hydrogen-bond donors (Lipinski definition) is 2. The number of hydrogen-bond acceptors (Lipinski definition) is 3. The van der Waals surface area contributed by atoms with Gasteiger partial charge in [-0.15, -0.1) is 11.3 Å². The van der Waals surface area contributed by atoms with E-state index in [9.17, 15) is 19.1 Å². The van der Waals surface area contributed by atoms with Gasteiger partial charge in [0.25, 0.3) is 0 Å². The topological polar surface area (TPSA) is 73.4 Å². The molecule has 2 aliphatic rings. The molecule has 1 aromatic carbocycles. The van der Waals surface area contributed by atoms with E-state index in [-0.39, 0.29) is 41.9 Å². The average molecular weight is 455 g/mol. The second-order valence-corrected chi connectivity index (χ2v) is 10.3. The van der Waals surface area contributed by atoms with E-state index in [1.807, 2.05) is 34.7 Å². The van der Waals surface area contributed by atoms with Crippen molar-refractivity contribution in [3.63, 3.8) is 0 Å². The summed E-state index contributed by atoms with van der Waals surface area (Å²) >= 11 is 1.58. The summed E-state index contributed by atoms with van der Waals surface area (Å²) in [6.45, 7) is 0.607. The van der Waals surface area contributed by atoms with Crippen LogP contribution >= 0.6 is 11.3 Å². The van der Waals surface area contributed by atoms with Gasteiger partial charge in [0.05, 0.1) is 6.42 Å². The zero-order valence-corrected chi connectivity index (χ0v) is 18.7. The quantitative estimate of drug-likeness (QED) is 0.515. The predicted molar refractivity (Wildman–Crippen MR) is 122 cm³/mol. The first kappa shape index (κ1) is 21.2. The lowest BCUT2D eigenvalue weighted by atomic mass is 9.65. The van der Waals surface area contributed by atoms with Crippen LogP contribution < -0.4 is 0 Å². The summed E-state index contributed by atoms with van der Waals surface area (Å²) in [6.07, 6.45) is 6.65. The Balaban J connectivity index is 1.42. The number of carbonyl (C=O) groups excluding carboxylic acids is 1. The molecule has 1 aliphatic heterocycles. The summed E-state index contributed by atoms with van der Waals surface area (Å²) in [4.78, 5) is 31.2. The first-order chi connectivity index (χ1) is 15.5. The number of aromatic nitrogens is 1. The Morgan fingerprint density at radius 3 is 2.94 bits per heavy atom. The molecule has 3 unspecified atom stereocenters. The molecule has 2 aromatic heterocycles. The van der Waals surface area contributed by atoms with E-state index in [0.717, 1.165) is 48.1 Å². The van der Waals surface area contributed by atoms with Crippen LogP contribution in [0.5, 0.6) is 0 Å². The van der Waals surface area contributed by atoms with Gasteiger partial charge >= 0.3 is 5.97 Å². The zero-order chi connectivity index (χ0) is 22.3. The molecule has 7 heteroatoms. The van der Waals surface area contributed by atoms with Crippen LogP contribution in [0.3, 0.4) is 0 Å². The van der Waals surface area contributed by atoms with Crippen LogP contribution in [0, 0.1) is 11.2 Å². The number of thiophene rings is 1. The van der Waals surface area contributed by atoms with Gasteiger partial charge in [0.1, 0.15) is 5.82 Å². The highest BCUT2D eigenvalue weighted by molar-refractivity contribution is 7.10. The number of carboxylic acid groups (broad SMARTS) is 1. The molecule has 1 amide bonds. The summed E-state index contributed by atoms with van der Waals surface area (Å²) in [5.74, 6) is -1.17. The van der Waals surface area contributed by atoms with E-state index in [1.165, 1.54) is 6.07 Å². The standard InChI is InChI=1S/C25H27FN2O3S/c26-19-5-1-6-20-24(19)18(15-27-20)17(21-7-3-11-32-21)12-22(29)28-10-9-25(14-23(30)31)8-2-4-16(28)13-25/h1,3,5-7,11,15-17,27H,2,4,8-10,12-14H2,(H,30,31). The molecule has 0 radical (unpaired) electrons. The molecule has 1 saturated carbocycles. The van der Waals surface area contributed by atoms with Crippen molar-refractivity contribution in [1.82, 2.24) is 9.88 Å². The maximum absolute atomic E-state index is 14.7. The lowest BCUT2D eigenvalue weighted by Gasteiger charge is -2.50. The number of fused-ring (bicyclic) bond motifs is 3. The molecular weight excluding hydrogens is 427 g/mol. The number of likely N-dealkylation sites (tertiary alicyclic amines) is 1. The van der Waals surface area contributed by atoms with Gasteiger partial charge in [-0.05, 0) is 60.2 Å². The highest BCUT2D eigenvalue weighted by Crippen LogP contribution is 2.48. The normalized spacial score (nSPS) is 23.9. The van der Waals surface area contributed by atoms with E-state index in [2.05, 4.69) is 4.98 Å². The highest BCUT2D eigenvalue weighted by atomic mass is 32.1. The van der Waals surface area contributed by atoms with Crippen LogP contribution in [0.2, 0.25) is 0 Å². The molecule has 1 saturated heterocycles. The number of benzene rings is 1. The maximum atomic E-state index is 14.7. The second kappa shape index (κ2) is 8.35. The monoisotopic (exact) mass is 454 g/mol. The molecule has 32 heavy (non-hydrogen) atoms. The number of aliphatic carboxylic acids is 1. The van der Waals surface area contributed by atoms with Crippen LogP contribution in [0.4, 0.5) is 4.39 Å². The number of H-pyrrole nitrogens is 1. The van der Waals surface area contributed by atoms with Crippen LogP contribution in [-0.2, 0) is 9.59 Å². The summed E-state index contributed by atoms with van der Waals surface area (Å²) < 4.78 is 14.7. The SMILES string of the molecule is O=C(O)CC12CCCC(C1)N(C(=O)CC(c1cccs1)c1c[nH]c3cccc(F)c13)CC2. The number of rotatable bonds is 6. The Hall–Kier alpha value is -2.67. The minimum atomic E-state index is -0.746. The molecule has 2 fully saturated rings. The highest BCUT2D eigenvalue weighted by Gasteiger charge is 2.45. The smallest absolute Gasteiger partial charge is 0.303 e. The number of carbonyl (C=O) groups is 2. The van der Waals surface area contributed by atoms with Crippen molar-refractivity contribution in [2.45, 2.75) is 56.9 Å². The van der Waals surface area contributed by atoms with E-state index < -0.39 is 5.97 Å². The van der Waals surface area contributed by atoms with Crippen molar-refractivity contribution in [3.8, 4) is 0 Å². The van der Waals surface area contributed by atoms with Gasteiger partial charge < -0.3 is 15.0 Å². The summed E-state index contributed by atoms with van der Waals surface area (Å²) in [5, 5.41) is 11.9. The van der Waals surface area contributed by atoms with Gasteiger partial charge in [-0.1, -0.05) is 18.6 Å². The lowest BCUT2D eigenvalue weighted by molar-refractivity contribution is -0.145. The van der Waals surface area contributed by atoms with Crippen molar-refractivity contribution >= 4 is 34.1 Å². The summed E-state index contributed by atoms with van der Waals surface area (Å²) in [6, 6.07) is 9.07. The third-order valence-corrected chi connectivity index (χ3v) is 8.40. The van der Waals surface area contributed by atoms with Gasteiger partial charge in [0.15, 0.2) is 0 Å². The number of amides is 1. The Morgan fingerprint density at radius 2 is 2.16 bits per heavy atom. The third kappa shape index (κ3) is 3.83. The zero-order valence-electron chi connectivity index (χ0n) is 17.9.